The maximum absolute atomic E-state index is 13.3. The molecule has 0 unspecified atom stereocenters. The molecule has 0 saturated carbocycles. The van der Waals surface area contributed by atoms with Crippen molar-refractivity contribution in [3.8, 4) is 0 Å². The maximum Gasteiger partial charge on any atom is 0.247 e. The van der Waals surface area contributed by atoms with Crippen LogP contribution < -0.4 is 0 Å². The molecule has 1 aromatic carbocycles. The van der Waals surface area contributed by atoms with Crippen molar-refractivity contribution < 1.29 is 18.3 Å². The Hall–Kier alpha value is -2.54. The monoisotopic (exact) mass is 345 g/mol. The van der Waals surface area contributed by atoms with Gasteiger partial charge in [-0.1, -0.05) is 12.1 Å². The van der Waals surface area contributed by atoms with Gasteiger partial charge in [0.2, 0.25) is 17.7 Å². The van der Waals surface area contributed by atoms with Crippen molar-refractivity contribution in [2.75, 3.05) is 13.1 Å². The molecule has 0 aliphatic carbocycles. The summed E-state index contributed by atoms with van der Waals surface area (Å²) in [6, 6.07) is 6.18. The lowest BCUT2D eigenvalue weighted by Gasteiger charge is -2.34. The number of hydrogen-bond acceptors (Lipinski definition) is 5. The lowest BCUT2D eigenvalue weighted by Crippen LogP contribution is -2.45. The fourth-order valence-corrected chi connectivity index (χ4v) is 2.80. The van der Waals surface area contributed by atoms with Crippen LogP contribution in [0.4, 0.5) is 4.39 Å². The minimum Gasteiger partial charge on any atom is -0.423 e. The van der Waals surface area contributed by atoms with E-state index in [-0.39, 0.29) is 17.8 Å². The number of rotatable bonds is 3. The molecule has 1 amide bonds. The molecule has 0 N–H and O–H groups in total. The molecule has 7 heteroatoms. The molecule has 2 heterocycles. The first-order valence-corrected chi connectivity index (χ1v) is 8.11. The largest absolute Gasteiger partial charge is 0.423 e. The number of aromatic nitrogens is 2. The molecule has 25 heavy (non-hydrogen) atoms. The SMILES string of the molecule is C/C(=C\C(=O)N1C[C@@H](C)O[C@@H](c2nnc(C)o2)C1)c1cccc(F)c1. The molecule has 1 fully saturated rings. The summed E-state index contributed by atoms with van der Waals surface area (Å²) in [7, 11) is 0. The minimum absolute atomic E-state index is 0.154. The fraction of sp³-hybridized carbons (Fsp3) is 0.389. The van der Waals surface area contributed by atoms with Crippen LogP contribution >= 0.6 is 0 Å². The van der Waals surface area contributed by atoms with Crippen molar-refractivity contribution in [1.82, 2.24) is 15.1 Å². The number of benzene rings is 1. The van der Waals surface area contributed by atoms with E-state index < -0.39 is 6.10 Å². The lowest BCUT2D eigenvalue weighted by molar-refractivity contribution is -0.141. The van der Waals surface area contributed by atoms with Crippen LogP contribution in [0.1, 0.15) is 37.3 Å². The van der Waals surface area contributed by atoms with Crippen molar-refractivity contribution in [2.24, 2.45) is 0 Å². The van der Waals surface area contributed by atoms with Crippen LogP contribution in [0.15, 0.2) is 34.8 Å². The van der Waals surface area contributed by atoms with Crippen molar-refractivity contribution >= 4 is 11.5 Å². The van der Waals surface area contributed by atoms with E-state index in [1.54, 1.807) is 30.9 Å². The fourth-order valence-electron chi connectivity index (χ4n) is 2.80. The summed E-state index contributed by atoms with van der Waals surface area (Å²) < 4.78 is 24.6. The summed E-state index contributed by atoms with van der Waals surface area (Å²) in [6.45, 7) is 6.18. The van der Waals surface area contributed by atoms with Crippen molar-refractivity contribution in [3.63, 3.8) is 0 Å². The maximum atomic E-state index is 13.3. The van der Waals surface area contributed by atoms with Crippen LogP contribution in [0.5, 0.6) is 0 Å². The van der Waals surface area contributed by atoms with Gasteiger partial charge >= 0.3 is 0 Å². The highest BCUT2D eigenvalue weighted by Crippen LogP contribution is 2.25. The number of carbonyl (C=O) groups excluding carboxylic acids is 1. The molecule has 2 aromatic rings. The minimum atomic E-state index is -0.447. The number of hydrogen-bond donors (Lipinski definition) is 0. The lowest BCUT2D eigenvalue weighted by atomic mass is 10.1. The number of nitrogens with zero attached hydrogens (tertiary/aromatic N) is 3. The Bertz CT molecular complexity index is 802. The normalized spacial score (nSPS) is 21.4. The number of morpholine rings is 1. The van der Waals surface area contributed by atoms with E-state index in [2.05, 4.69) is 10.2 Å². The summed E-state index contributed by atoms with van der Waals surface area (Å²) in [6.07, 6.45) is 0.915. The van der Waals surface area contributed by atoms with E-state index in [0.717, 1.165) is 0 Å². The van der Waals surface area contributed by atoms with Gasteiger partial charge in [0.25, 0.3) is 0 Å². The summed E-state index contributed by atoms with van der Waals surface area (Å²) >= 11 is 0. The van der Waals surface area contributed by atoms with Crippen LogP contribution in [0.3, 0.4) is 0 Å². The third-order valence-electron chi connectivity index (χ3n) is 4.01. The van der Waals surface area contributed by atoms with Crippen LogP contribution in [0, 0.1) is 12.7 Å². The van der Waals surface area contributed by atoms with Gasteiger partial charge in [-0.3, -0.25) is 4.79 Å². The highest BCUT2D eigenvalue weighted by atomic mass is 19.1. The molecular formula is C18H20FN3O3. The van der Waals surface area contributed by atoms with Crippen LogP contribution in [0.2, 0.25) is 0 Å². The number of amides is 1. The summed E-state index contributed by atoms with van der Waals surface area (Å²) in [5.41, 5.74) is 1.38. The molecule has 132 valence electrons. The predicted molar refractivity (Wildman–Crippen MR) is 89.0 cm³/mol. The smallest absolute Gasteiger partial charge is 0.247 e. The molecule has 0 radical (unpaired) electrons. The van der Waals surface area contributed by atoms with Crippen LogP contribution in [-0.4, -0.2) is 40.2 Å². The van der Waals surface area contributed by atoms with Gasteiger partial charge in [-0.05, 0) is 37.1 Å². The quantitative estimate of drug-likeness (QED) is 0.800. The molecule has 0 spiro atoms. The zero-order chi connectivity index (χ0) is 18.0. The summed E-state index contributed by atoms with van der Waals surface area (Å²) in [5, 5.41) is 7.78. The third-order valence-corrected chi connectivity index (χ3v) is 4.01. The molecular weight excluding hydrogens is 325 g/mol. The van der Waals surface area contributed by atoms with Gasteiger partial charge in [0, 0.05) is 19.5 Å². The van der Waals surface area contributed by atoms with Gasteiger partial charge in [-0.25, -0.2) is 4.39 Å². The highest BCUT2D eigenvalue weighted by Gasteiger charge is 2.31. The first kappa shape index (κ1) is 17.3. The number of halogens is 1. The number of ether oxygens (including phenoxy) is 1. The van der Waals surface area contributed by atoms with Crippen molar-refractivity contribution in [2.45, 2.75) is 33.0 Å². The second-order valence-electron chi connectivity index (χ2n) is 6.18. The van der Waals surface area contributed by atoms with E-state index in [1.165, 1.54) is 18.2 Å². The Labute approximate surface area is 145 Å². The Morgan fingerprint density at radius 3 is 2.84 bits per heavy atom. The molecule has 1 aliphatic heterocycles. The Balaban J connectivity index is 1.75. The Morgan fingerprint density at radius 1 is 1.36 bits per heavy atom. The average Bonchev–Trinajstić information content (AvgIpc) is 3.00. The van der Waals surface area contributed by atoms with Gasteiger partial charge in [-0.15, -0.1) is 10.2 Å². The molecule has 1 aromatic heterocycles. The number of carbonyl (C=O) groups is 1. The summed E-state index contributed by atoms with van der Waals surface area (Å²) in [5.74, 6) is 0.340. The van der Waals surface area contributed by atoms with E-state index in [4.69, 9.17) is 9.15 Å². The standard InChI is InChI=1S/C18H20FN3O3/c1-11(14-5-4-6-15(19)8-14)7-17(23)22-9-12(2)24-16(10-22)18-21-20-13(3)25-18/h4-8,12,16H,9-10H2,1-3H3/b11-7+/t12-,16-/m1/s1. The predicted octanol–water partition coefficient (Wildman–Crippen LogP) is 2.91. The second-order valence-corrected chi connectivity index (χ2v) is 6.18. The molecule has 6 nitrogen and oxygen atoms in total. The van der Waals surface area contributed by atoms with Gasteiger partial charge in [-0.2, -0.15) is 0 Å². The zero-order valence-electron chi connectivity index (χ0n) is 14.4. The first-order valence-electron chi connectivity index (χ1n) is 8.11. The topological polar surface area (TPSA) is 68.5 Å². The van der Waals surface area contributed by atoms with E-state index in [0.29, 0.717) is 36.0 Å². The Kier molecular flexibility index (Phi) is 4.94. The van der Waals surface area contributed by atoms with E-state index in [1.807, 2.05) is 6.92 Å². The van der Waals surface area contributed by atoms with Gasteiger partial charge < -0.3 is 14.1 Å². The van der Waals surface area contributed by atoms with Gasteiger partial charge in [0.15, 0.2) is 6.10 Å². The number of allylic oxidation sites excluding steroid dienone is 1. The molecule has 1 aliphatic rings. The molecule has 2 atom stereocenters. The van der Waals surface area contributed by atoms with Gasteiger partial charge in [0.1, 0.15) is 5.82 Å². The van der Waals surface area contributed by atoms with Crippen LogP contribution in [0.25, 0.3) is 5.57 Å². The van der Waals surface area contributed by atoms with Gasteiger partial charge in [0.05, 0.1) is 12.6 Å². The first-order chi connectivity index (χ1) is 11.9. The third kappa shape index (κ3) is 4.11. The summed E-state index contributed by atoms with van der Waals surface area (Å²) in [4.78, 5) is 14.3. The van der Waals surface area contributed by atoms with E-state index >= 15 is 0 Å². The zero-order valence-corrected chi connectivity index (χ0v) is 14.4. The molecule has 0 bridgehead atoms. The van der Waals surface area contributed by atoms with E-state index in [9.17, 15) is 9.18 Å². The second kappa shape index (κ2) is 7.14. The van der Waals surface area contributed by atoms with Crippen molar-refractivity contribution in [1.29, 1.82) is 0 Å². The average molecular weight is 345 g/mol. The van der Waals surface area contributed by atoms with Crippen LogP contribution in [-0.2, 0) is 9.53 Å². The molecule has 3 rings (SSSR count). The van der Waals surface area contributed by atoms with Crippen molar-refractivity contribution in [3.05, 3.63) is 53.5 Å². The number of aryl methyl sites for hydroxylation is 1. The Morgan fingerprint density at radius 2 is 2.16 bits per heavy atom. The highest BCUT2D eigenvalue weighted by molar-refractivity contribution is 5.95. The molecule has 1 saturated heterocycles.